The number of rotatable bonds is 11. The molecule has 3 heterocycles. The first-order chi connectivity index (χ1) is 17.7. The first-order valence-corrected chi connectivity index (χ1v) is 13.1. The second-order valence-corrected chi connectivity index (χ2v) is 10.7. The van der Waals surface area contributed by atoms with E-state index in [1.165, 1.54) is 4.90 Å². The molecule has 1 spiro atoms. The van der Waals surface area contributed by atoms with Gasteiger partial charge in [-0.25, -0.2) is 0 Å². The van der Waals surface area contributed by atoms with Crippen LogP contribution in [0, 0.1) is 11.8 Å². The SMILES string of the molecule is C=CCN(C)C(=O)[C@H]1[C@H]2C(=O)N([C@@H](CC)CO)C(C(=O)N(CC=C)Cc3ccccc3)C23CC[C@]1(C)O3. The molecule has 2 bridgehead atoms. The summed E-state index contributed by atoms with van der Waals surface area (Å²) in [6, 6.07) is 8.17. The molecule has 200 valence electrons. The van der Waals surface area contributed by atoms with Gasteiger partial charge in [0.25, 0.3) is 0 Å². The summed E-state index contributed by atoms with van der Waals surface area (Å²) in [5.74, 6) is -2.21. The van der Waals surface area contributed by atoms with Crippen LogP contribution in [0.25, 0.3) is 0 Å². The molecule has 0 radical (unpaired) electrons. The Hall–Kier alpha value is -2.97. The van der Waals surface area contributed by atoms with E-state index in [0.29, 0.717) is 38.9 Å². The van der Waals surface area contributed by atoms with Crippen molar-refractivity contribution in [2.24, 2.45) is 11.8 Å². The maximum absolute atomic E-state index is 14.4. The van der Waals surface area contributed by atoms with Gasteiger partial charge in [-0.2, -0.15) is 0 Å². The smallest absolute Gasteiger partial charge is 0.249 e. The topological polar surface area (TPSA) is 90.4 Å². The van der Waals surface area contributed by atoms with Crippen molar-refractivity contribution in [1.82, 2.24) is 14.7 Å². The Kier molecular flexibility index (Phi) is 7.62. The second-order valence-electron chi connectivity index (χ2n) is 10.7. The largest absolute Gasteiger partial charge is 0.394 e. The van der Waals surface area contributed by atoms with Gasteiger partial charge in [-0.05, 0) is 31.7 Å². The van der Waals surface area contributed by atoms with E-state index in [1.807, 2.05) is 44.2 Å². The zero-order chi connectivity index (χ0) is 27.0. The van der Waals surface area contributed by atoms with Crippen LogP contribution < -0.4 is 0 Å². The maximum atomic E-state index is 14.4. The van der Waals surface area contributed by atoms with Gasteiger partial charge in [0, 0.05) is 26.7 Å². The van der Waals surface area contributed by atoms with E-state index in [1.54, 1.807) is 29.0 Å². The highest BCUT2D eigenvalue weighted by Crippen LogP contribution is 2.63. The number of aliphatic hydroxyl groups is 1. The Morgan fingerprint density at radius 3 is 2.46 bits per heavy atom. The van der Waals surface area contributed by atoms with Gasteiger partial charge in [-0.1, -0.05) is 49.4 Å². The van der Waals surface area contributed by atoms with E-state index >= 15 is 0 Å². The molecule has 8 nitrogen and oxygen atoms in total. The highest BCUT2D eigenvalue weighted by molar-refractivity contribution is 5.99. The standard InChI is InChI=1S/C29H39N3O5/c1-6-16-30(5)25(34)22-23-26(35)32(21(8-3)19-33)24(29(23)15-14-28(22,4)37-29)27(36)31(17-7-2)18-20-12-10-9-11-13-20/h6-7,9-13,21-24,33H,1-2,8,14-19H2,3-5H3/t21-,22+,23-,24?,28-,29?/m0/s1. The highest BCUT2D eigenvalue weighted by Gasteiger charge is 2.78. The fourth-order valence-electron chi connectivity index (χ4n) is 6.71. The number of aliphatic hydroxyl groups excluding tert-OH is 1. The Bertz CT molecular complexity index is 1060. The fourth-order valence-corrected chi connectivity index (χ4v) is 6.71. The number of ether oxygens (including phenoxy) is 1. The third-order valence-electron chi connectivity index (χ3n) is 8.45. The number of hydrogen-bond acceptors (Lipinski definition) is 5. The maximum Gasteiger partial charge on any atom is 0.249 e. The lowest BCUT2D eigenvalue weighted by atomic mass is 9.66. The van der Waals surface area contributed by atoms with Gasteiger partial charge in [0.2, 0.25) is 17.7 Å². The number of carbonyl (C=O) groups is 3. The molecular formula is C29H39N3O5. The van der Waals surface area contributed by atoms with Crippen LogP contribution in [0.15, 0.2) is 55.6 Å². The zero-order valence-electron chi connectivity index (χ0n) is 22.1. The van der Waals surface area contributed by atoms with Crippen LogP contribution in [-0.2, 0) is 25.7 Å². The number of amides is 3. The van der Waals surface area contributed by atoms with Crippen molar-refractivity contribution in [3.8, 4) is 0 Å². The summed E-state index contributed by atoms with van der Waals surface area (Å²) < 4.78 is 6.69. The number of fused-ring (bicyclic) bond motifs is 1. The van der Waals surface area contributed by atoms with Crippen molar-refractivity contribution in [1.29, 1.82) is 0 Å². The molecule has 2 unspecified atom stereocenters. The minimum atomic E-state index is -1.13. The molecular weight excluding hydrogens is 470 g/mol. The summed E-state index contributed by atoms with van der Waals surface area (Å²) in [4.78, 5) is 47.0. The van der Waals surface area contributed by atoms with Gasteiger partial charge in [0.15, 0.2) is 0 Å². The molecule has 0 aromatic heterocycles. The summed E-state index contributed by atoms with van der Waals surface area (Å²) in [7, 11) is 1.69. The normalized spacial score (nSPS) is 30.6. The second kappa shape index (κ2) is 10.4. The lowest BCUT2D eigenvalue weighted by Crippen LogP contribution is -2.58. The lowest BCUT2D eigenvalue weighted by molar-refractivity contribution is -0.156. The summed E-state index contributed by atoms with van der Waals surface area (Å²) in [6.07, 6.45) is 4.86. The molecule has 4 rings (SSSR count). The van der Waals surface area contributed by atoms with E-state index in [9.17, 15) is 19.5 Å². The van der Waals surface area contributed by atoms with Gasteiger partial charge in [0.05, 0.1) is 30.1 Å². The Morgan fingerprint density at radius 2 is 1.86 bits per heavy atom. The van der Waals surface area contributed by atoms with Crippen LogP contribution in [0.5, 0.6) is 0 Å². The minimum absolute atomic E-state index is 0.181. The zero-order valence-corrected chi connectivity index (χ0v) is 22.1. The van der Waals surface area contributed by atoms with Crippen LogP contribution in [0.2, 0.25) is 0 Å². The molecule has 6 atom stereocenters. The van der Waals surface area contributed by atoms with Gasteiger partial charge in [-0.15, -0.1) is 13.2 Å². The van der Waals surface area contributed by atoms with Crippen LogP contribution in [-0.4, -0.2) is 87.6 Å². The molecule has 0 saturated carbocycles. The van der Waals surface area contributed by atoms with Crippen molar-refractivity contribution >= 4 is 17.7 Å². The Labute approximate surface area is 219 Å². The number of likely N-dealkylation sites (tertiary alicyclic amines) is 1. The molecule has 3 saturated heterocycles. The van der Waals surface area contributed by atoms with Crippen LogP contribution in [0.3, 0.4) is 0 Å². The van der Waals surface area contributed by atoms with Crippen molar-refractivity contribution < 1.29 is 24.2 Å². The van der Waals surface area contributed by atoms with Crippen LogP contribution in [0.1, 0.15) is 38.7 Å². The molecule has 3 aliphatic rings. The van der Waals surface area contributed by atoms with E-state index < -0.39 is 35.1 Å². The summed E-state index contributed by atoms with van der Waals surface area (Å²) >= 11 is 0. The molecule has 0 aliphatic carbocycles. The van der Waals surface area contributed by atoms with Crippen LogP contribution in [0.4, 0.5) is 0 Å². The van der Waals surface area contributed by atoms with E-state index in [0.717, 1.165) is 5.56 Å². The molecule has 1 aromatic carbocycles. The molecule has 3 aliphatic heterocycles. The highest BCUT2D eigenvalue weighted by atomic mass is 16.5. The van der Waals surface area contributed by atoms with E-state index in [2.05, 4.69) is 13.2 Å². The summed E-state index contributed by atoms with van der Waals surface area (Å²) in [6.45, 7) is 12.1. The lowest BCUT2D eigenvalue weighted by Gasteiger charge is -2.39. The van der Waals surface area contributed by atoms with Gasteiger partial charge >= 0.3 is 0 Å². The molecule has 3 amide bonds. The number of carbonyl (C=O) groups excluding carboxylic acids is 3. The third kappa shape index (κ3) is 4.30. The summed E-state index contributed by atoms with van der Waals surface area (Å²) in [5, 5.41) is 10.2. The molecule has 3 fully saturated rings. The quantitative estimate of drug-likeness (QED) is 0.463. The number of benzene rings is 1. The Balaban J connectivity index is 1.79. The van der Waals surface area contributed by atoms with Crippen molar-refractivity contribution in [2.45, 2.75) is 62.9 Å². The number of nitrogens with zero attached hydrogens (tertiary/aromatic N) is 3. The first-order valence-electron chi connectivity index (χ1n) is 13.1. The van der Waals surface area contributed by atoms with Gasteiger partial charge in [-0.3, -0.25) is 14.4 Å². The molecule has 37 heavy (non-hydrogen) atoms. The third-order valence-corrected chi connectivity index (χ3v) is 8.45. The van der Waals surface area contributed by atoms with Crippen molar-refractivity contribution in [2.75, 3.05) is 26.7 Å². The van der Waals surface area contributed by atoms with Crippen LogP contribution >= 0.6 is 0 Å². The van der Waals surface area contributed by atoms with E-state index in [-0.39, 0.29) is 24.3 Å². The fraction of sp³-hybridized carbons (Fsp3) is 0.552. The number of hydrogen-bond donors (Lipinski definition) is 1. The average molecular weight is 510 g/mol. The van der Waals surface area contributed by atoms with Gasteiger partial charge < -0.3 is 24.5 Å². The number of likely N-dealkylation sites (N-methyl/N-ethyl adjacent to an activating group) is 1. The molecule has 8 heteroatoms. The van der Waals surface area contributed by atoms with Crippen molar-refractivity contribution in [3.63, 3.8) is 0 Å². The predicted molar refractivity (Wildman–Crippen MR) is 140 cm³/mol. The van der Waals surface area contributed by atoms with Gasteiger partial charge in [0.1, 0.15) is 11.6 Å². The van der Waals surface area contributed by atoms with Crippen molar-refractivity contribution in [3.05, 3.63) is 61.2 Å². The van der Waals surface area contributed by atoms with E-state index in [4.69, 9.17) is 4.74 Å². The monoisotopic (exact) mass is 509 g/mol. The predicted octanol–water partition coefficient (Wildman–Crippen LogP) is 2.38. The summed E-state index contributed by atoms with van der Waals surface area (Å²) in [5.41, 5.74) is -1.02. The molecule has 1 N–H and O–H groups in total. The molecule has 1 aromatic rings. The Morgan fingerprint density at radius 1 is 1.19 bits per heavy atom. The average Bonchev–Trinajstić information content (AvgIpc) is 3.45. The first kappa shape index (κ1) is 27.1. The minimum Gasteiger partial charge on any atom is -0.394 e.